The summed E-state index contributed by atoms with van der Waals surface area (Å²) in [6.07, 6.45) is 3.92. The summed E-state index contributed by atoms with van der Waals surface area (Å²) in [4.78, 5) is 14.7. The molecule has 0 radical (unpaired) electrons. The fraction of sp³-hybridized carbons (Fsp3) is 0.588. The van der Waals surface area contributed by atoms with Crippen molar-refractivity contribution in [3.8, 4) is 0 Å². The first kappa shape index (κ1) is 13.6. The molecule has 1 amide bonds. The van der Waals surface area contributed by atoms with E-state index in [0.717, 1.165) is 32.2 Å². The predicted octanol–water partition coefficient (Wildman–Crippen LogP) is 2.52. The molecule has 0 unspecified atom stereocenters. The summed E-state index contributed by atoms with van der Waals surface area (Å²) >= 11 is 0. The number of carbonyl (C=O) groups is 1. The normalized spacial score (nSPS) is 33.6. The molecule has 1 heterocycles. The maximum atomic E-state index is 12.7. The zero-order valence-corrected chi connectivity index (χ0v) is 12.2. The highest BCUT2D eigenvalue weighted by Gasteiger charge is 2.39. The molecular weight excluding hydrogens is 248 g/mol. The van der Waals surface area contributed by atoms with Gasteiger partial charge >= 0.3 is 0 Å². The lowest BCUT2D eigenvalue weighted by atomic mass is 9.92. The van der Waals surface area contributed by atoms with Crippen molar-refractivity contribution in [2.45, 2.75) is 50.6 Å². The molecule has 0 aromatic heterocycles. The molecule has 1 aliphatic carbocycles. The smallest absolute Gasteiger partial charge is 0.226 e. The van der Waals surface area contributed by atoms with Crippen LogP contribution in [-0.2, 0) is 4.79 Å². The van der Waals surface area contributed by atoms with Crippen LogP contribution < -0.4 is 5.73 Å². The van der Waals surface area contributed by atoms with Crippen LogP contribution >= 0.6 is 0 Å². The quantitative estimate of drug-likeness (QED) is 0.899. The van der Waals surface area contributed by atoms with Crippen LogP contribution in [0.25, 0.3) is 0 Å². The second-order valence-electron chi connectivity index (χ2n) is 6.35. The number of amides is 1. The highest BCUT2D eigenvalue weighted by atomic mass is 16.2. The minimum Gasteiger partial charge on any atom is -0.339 e. The summed E-state index contributed by atoms with van der Waals surface area (Å²) in [5.41, 5.74) is 7.30. The van der Waals surface area contributed by atoms with Crippen LogP contribution in [0.3, 0.4) is 0 Å². The maximum Gasteiger partial charge on any atom is 0.226 e. The molecule has 0 spiro atoms. The fourth-order valence-corrected chi connectivity index (χ4v) is 3.87. The van der Waals surface area contributed by atoms with Crippen molar-refractivity contribution in [2.24, 2.45) is 11.7 Å². The number of hydrogen-bond acceptors (Lipinski definition) is 2. The number of hydrogen-bond donors (Lipinski definition) is 1. The largest absolute Gasteiger partial charge is 0.339 e. The van der Waals surface area contributed by atoms with Crippen molar-refractivity contribution in [1.82, 2.24) is 4.90 Å². The van der Waals surface area contributed by atoms with Gasteiger partial charge in [0.1, 0.15) is 0 Å². The van der Waals surface area contributed by atoms with Gasteiger partial charge < -0.3 is 10.6 Å². The van der Waals surface area contributed by atoms with Crippen LogP contribution in [0.5, 0.6) is 0 Å². The van der Waals surface area contributed by atoms with Gasteiger partial charge in [0.25, 0.3) is 0 Å². The number of nitrogens with two attached hydrogens (primary N) is 1. The second kappa shape index (κ2) is 5.57. The summed E-state index contributed by atoms with van der Waals surface area (Å²) in [6, 6.07) is 11.1. The molecule has 4 atom stereocenters. The molecule has 0 bridgehead atoms. The third kappa shape index (κ3) is 2.47. The average molecular weight is 272 g/mol. The Hall–Kier alpha value is -1.35. The Morgan fingerprint density at radius 3 is 2.60 bits per heavy atom. The van der Waals surface area contributed by atoms with Gasteiger partial charge in [-0.25, -0.2) is 0 Å². The fourth-order valence-electron chi connectivity index (χ4n) is 3.87. The van der Waals surface area contributed by atoms with Crippen LogP contribution in [0.15, 0.2) is 30.3 Å². The molecule has 1 saturated carbocycles. The third-order valence-corrected chi connectivity index (χ3v) is 5.09. The van der Waals surface area contributed by atoms with Gasteiger partial charge in [-0.05, 0) is 38.2 Å². The Bertz CT molecular complexity index is 473. The number of rotatable bonds is 2. The highest BCUT2D eigenvalue weighted by molar-refractivity contribution is 5.80. The Morgan fingerprint density at radius 2 is 1.95 bits per heavy atom. The topological polar surface area (TPSA) is 46.3 Å². The van der Waals surface area contributed by atoms with Crippen LogP contribution in [0.2, 0.25) is 0 Å². The molecule has 20 heavy (non-hydrogen) atoms. The van der Waals surface area contributed by atoms with Gasteiger partial charge in [0.2, 0.25) is 5.91 Å². The predicted molar refractivity (Wildman–Crippen MR) is 80.3 cm³/mol. The summed E-state index contributed by atoms with van der Waals surface area (Å²) in [5, 5.41) is 0. The zero-order chi connectivity index (χ0) is 14.1. The molecular formula is C17H24N2O. The molecule has 2 fully saturated rings. The first-order chi connectivity index (χ1) is 9.66. The highest BCUT2D eigenvalue weighted by Crippen LogP contribution is 2.36. The van der Waals surface area contributed by atoms with E-state index in [-0.39, 0.29) is 12.0 Å². The van der Waals surface area contributed by atoms with Gasteiger partial charge in [-0.3, -0.25) is 4.79 Å². The van der Waals surface area contributed by atoms with Crippen LogP contribution in [-0.4, -0.2) is 29.4 Å². The van der Waals surface area contributed by atoms with Crippen molar-refractivity contribution in [1.29, 1.82) is 0 Å². The minimum atomic E-state index is 0.168. The molecule has 3 rings (SSSR count). The van der Waals surface area contributed by atoms with Gasteiger partial charge in [0, 0.05) is 30.5 Å². The van der Waals surface area contributed by atoms with E-state index in [1.807, 2.05) is 6.07 Å². The molecule has 108 valence electrons. The summed E-state index contributed by atoms with van der Waals surface area (Å²) < 4.78 is 0. The standard InChI is InChI=1S/C17H24N2O/c1-12-16(13-5-3-2-4-6-13)9-10-19(12)17(20)14-7-8-15(18)11-14/h2-6,12,14-16H,7-11,18H2,1H3/t12-,14+,15-,16-/m1/s1. The van der Waals surface area contributed by atoms with Gasteiger partial charge in [0.15, 0.2) is 0 Å². The Labute approximate surface area is 121 Å². The molecule has 1 aromatic rings. The van der Waals surface area contributed by atoms with Crippen LogP contribution in [0.1, 0.15) is 44.1 Å². The first-order valence-electron chi connectivity index (χ1n) is 7.78. The van der Waals surface area contributed by atoms with Crippen molar-refractivity contribution < 1.29 is 4.79 Å². The number of carbonyl (C=O) groups excluding carboxylic acids is 1. The maximum absolute atomic E-state index is 12.7. The molecule has 1 aromatic carbocycles. The summed E-state index contributed by atoms with van der Waals surface area (Å²) in [6.45, 7) is 3.09. The van der Waals surface area contributed by atoms with E-state index in [1.165, 1.54) is 5.56 Å². The third-order valence-electron chi connectivity index (χ3n) is 5.09. The minimum absolute atomic E-state index is 0.168. The van der Waals surface area contributed by atoms with Gasteiger partial charge in [-0.15, -0.1) is 0 Å². The lowest BCUT2D eigenvalue weighted by molar-refractivity contribution is -0.136. The lowest BCUT2D eigenvalue weighted by Gasteiger charge is -2.27. The Kier molecular flexibility index (Phi) is 3.79. The monoisotopic (exact) mass is 272 g/mol. The molecule has 2 N–H and O–H groups in total. The summed E-state index contributed by atoms with van der Waals surface area (Å²) in [7, 11) is 0. The van der Waals surface area contributed by atoms with Crippen molar-refractivity contribution in [3.63, 3.8) is 0 Å². The van der Waals surface area contributed by atoms with Gasteiger partial charge in [-0.1, -0.05) is 30.3 Å². The van der Waals surface area contributed by atoms with Crippen LogP contribution in [0.4, 0.5) is 0 Å². The zero-order valence-electron chi connectivity index (χ0n) is 12.2. The van der Waals surface area contributed by atoms with E-state index in [1.54, 1.807) is 0 Å². The number of benzene rings is 1. The SMILES string of the molecule is C[C@@H]1[C@H](c2ccccc2)CCN1C(=O)[C@H]1CC[C@@H](N)C1. The van der Waals surface area contributed by atoms with Gasteiger partial charge in [-0.2, -0.15) is 0 Å². The molecule has 1 saturated heterocycles. The van der Waals surface area contributed by atoms with Crippen molar-refractivity contribution >= 4 is 5.91 Å². The van der Waals surface area contributed by atoms with Crippen LogP contribution in [0, 0.1) is 5.92 Å². The molecule has 2 aliphatic rings. The average Bonchev–Trinajstić information content (AvgIpc) is 3.05. The van der Waals surface area contributed by atoms with E-state index in [2.05, 4.69) is 36.1 Å². The Balaban J connectivity index is 1.69. The molecule has 1 aliphatic heterocycles. The van der Waals surface area contributed by atoms with E-state index < -0.39 is 0 Å². The first-order valence-corrected chi connectivity index (χ1v) is 7.78. The number of likely N-dealkylation sites (tertiary alicyclic amines) is 1. The number of nitrogens with zero attached hydrogens (tertiary/aromatic N) is 1. The van der Waals surface area contributed by atoms with E-state index >= 15 is 0 Å². The summed E-state index contributed by atoms with van der Waals surface area (Å²) in [5.74, 6) is 0.987. The van der Waals surface area contributed by atoms with Crippen molar-refractivity contribution in [2.75, 3.05) is 6.54 Å². The van der Waals surface area contributed by atoms with E-state index in [4.69, 9.17) is 5.73 Å². The van der Waals surface area contributed by atoms with E-state index in [9.17, 15) is 4.79 Å². The Morgan fingerprint density at radius 1 is 1.20 bits per heavy atom. The van der Waals surface area contributed by atoms with E-state index in [0.29, 0.717) is 17.9 Å². The van der Waals surface area contributed by atoms with Crippen molar-refractivity contribution in [3.05, 3.63) is 35.9 Å². The second-order valence-corrected chi connectivity index (χ2v) is 6.35. The molecule has 3 nitrogen and oxygen atoms in total. The molecule has 3 heteroatoms. The van der Waals surface area contributed by atoms with Gasteiger partial charge in [0.05, 0.1) is 0 Å². The lowest BCUT2D eigenvalue weighted by Crippen LogP contribution is -2.39.